The van der Waals surface area contributed by atoms with Gasteiger partial charge in [-0.25, -0.2) is 0 Å². The molecule has 1 rings (SSSR count). The summed E-state index contributed by atoms with van der Waals surface area (Å²) in [5.41, 5.74) is 0. The number of esters is 2. The molecular formula is C40H72O6. The van der Waals surface area contributed by atoms with Gasteiger partial charge in [-0.1, -0.05) is 109 Å². The van der Waals surface area contributed by atoms with Gasteiger partial charge < -0.3 is 19.7 Å². The van der Waals surface area contributed by atoms with Crippen molar-refractivity contribution in [3.05, 3.63) is 24.3 Å². The zero-order valence-electron chi connectivity index (χ0n) is 30.1. The minimum Gasteiger partial charge on any atom is -0.466 e. The smallest absolute Gasteiger partial charge is 0.305 e. The Balaban J connectivity index is 2.14. The summed E-state index contributed by atoms with van der Waals surface area (Å²) in [4.78, 5) is 23.8. The molecule has 0 amide bonds. The summed E-state index contributed by atoms with van der Waals surface area (Å²) >= 11 is 0. The van der Waals surface area contributed by atoms with Crippen LogP contribution in [0.2, 0.25) is 0 Å². The average Bonchev–Trinajstić information content (AvgIpc) is 3.30. The molecule has 0 aliphatic heterocycles. The van der Waals surface area contributed by atoms with Crippen LogP contribution < -0.4 is 0 Å². The Hall–Kier alpha value is -1.66. The van der Waals surface area contributed by atoms with Crippen molar-refractivity contribution in [3.63, 3.8) is 0 Å². The van der Waals surface area contributed by atoms with Crippen LogP contribution in [0.15, 0.2) is 24.3 Å². The molecule has 0 aromatic rings. The van der Waals surface area contributed by atoms with Crippen molar-refractivity contribution in [2.45, 2.75) is 200 Å². The van der Waals surface area contributed by atoms with E-state index >= 15 is 0 Å². The Morgan fingerprint density at radius 2 is 1.22 bits per heavy atom. The molecule has 0 unspecified atom stereocenters. The molecule has 1 saturated carbocycles. The van der Waals surface area contributed by atoms with Gasteiger partial charge in [0.25, 0.3) is 0 Å². The Morgan fingerprint density at radius 3 is 1.89 bits per heavy atom. The first kappa shape index (κ1) is 42.4. The number of aliphatic hydroxyl groups excluding tert-OH is 2. The van der Waals surface area contributed by atoms with Crippen LogP contribution in [0.5, 0.6) is 0 Å². The highest BCUT2D eigenvalue weighted by atomic mass is 16.5. The quantitative estimate of drug-likeness (QED) is 0.0457. The molecule has 1 aliphatic rings. The van der Waals surface area contributed by atoms with E-state index in [2.05, 4.69) is 38.2 Å². The van der Waals surface area contributed by atoms with Gasteiger partial charge in [-0.05, 0) is 95.3 Å². The van der Waals surface area contributed by atoms with E-state index < -0.39 is 12.2 Å². The summed E-state index contributed by atoms with van der Waals surface area (Å²) in [6, 6.07) is 0. The van der Waals surface area contributed by atoms with Gasteiger partial charge in [0.1, 0.15) is 6.10 Å². The van der Waals surface area contributed by atoms with E-state index in [1.54, 1.807) is 0 Å². The highest BCUT2D eigenvalue weighted by molar-refractivity contribution is 5.69. The van der Waals surface area contributed by atoms with Gasteiger partial charge in [-0.2, -0.15) is 0 Å². The Morgan fingerprint density at radius 1 is 0.674 bits per heavy atom. The monoisotopic (exact) mass is 649 g/mol. The molecule has 0 bridgehead atoms. The van der Waals surface area contributed by atoms with Crippen LogP contribution in [0, 0.1) is 11.8 Å². The van der Waals surface area contributed by atoms with Crippen molar-refractivity contribution in [2.24, 2.45) is 11.8 Å². The summed E-state index contributed by atoms with van der Waals surface area (Å²) < 4.78 is 11.0. The third kappa shape index (κ3) is 22.8. The Labute approximate surface area is 283 Å². The summed E-state index contributed by atoms with van der Waals surface area (Å²) in [6.07, 6.45) is 33.9. The number of hydrogen-bond acceptors (Lipinski definition) is 6. The highest BCUT2D eigenvalue weighted by Gasteiger charge is 2.40. The molecule has 0 aromatic carbocycles. The van der Waals surface area contributed by atoms with Crippen LogP contribution in [0.25, 0.3) is 0 Å². The van der Waals surface area contributed by atoms with Crippen molar-refractivity contribution < 1.29 is 29.3 Å². The molecule has 6 heteroatoms. The predicted octanol–water partition coefficient (Wildman–Crippen LogP) is 10.3. The first-order valence-electron chi connectivity index (χ1n) is 19.4. The number of unbranched alkanes of at least 4 members (excludes halogenated alkanes) is 15. The summed E-state index contributed by atoms with van der Waals surface area (Å²) in [6.45, 7) is 6.44. The second kappa shape index (κ2) is 29.5. The molecule has 2 N–H and O–H groups in total. The minimum atomic E-state index is -0.525. The van der Waals surface area contributed by atoms with Crippen molar-refractivity contribution >= 4 is 11.9 Å². The summed E-state index contributed by atoms with van der Waals surface area (Å²) in [5.74, 6) is -0.362. The number of rotatable bonds is 30. The lowest BCUT2D eigenvalue weighted by atomic mass is 9.85. The van der Waals surface area contributed by atoms with Gasteiger partial charge in [0, 0.05) is 13.3 Å². The summed E-state index contributed by atoms with van der Waals surface area (Å²) in [5, 5.41) is 21.3. The van der Waals surface area contributed by atoms with Gasteiger partial charge in [0.2, 0.25) is 0 Å². The zero-order valence-corrected chi connectivity index (χ0v) is 30.1. The molecule has 0 heterocycles. The number of ether oxygens (including phenoxy) is 2. The van der Waals surface area contributed by atoms with Gasteiger partial charge in [-0.3, -0.25) is 9.59 Å². The number of hydrogen-bond donors (Lipinski definition) is 2. The van der Waals surface area contributed by atoms with E-state index in [1.807, 2.05) is 0 Å². The molecule has 0 spiro atoms. The van der Waals surface area contributed by atoms with E-state index in [0.717, 1.165) is 57.8 Å². The van der Waals surface area contributed by atoms with Crippen molar-refractivity contribution in [3.8, 4) is 0 Å². The van der Waals surface area contributed by atoms with Crippen LogP contribution in [-0.4, -0.2) is 47.1 Å². The van der Waals surface area contributed by atoms with Crippen molar-refractivity contribution in [1.82, 2.24) is 0 Å². The molecule has 0 saturated heterocycles. The highest BCUT2D eigenvalue weighted by Crippen LogP contribution is 2.39. The van der Waals surface area contributed by atoms with Crippen LogP contribution in [0.3, 0.4) is 0 Å². The van der Waals surface area contributed by atoms with Crippen molar-refractivity contribution in [1.29, 1.82) is 0 Å². The van der Waals surface area contributed by atoms with E-state index in [-0.39, 0.29) is 29.9 Å². The van der Waals surface area contributed by atoms with Gasteiger partial charge in [-0.15, -0.1) is 0 Å². The van der Waals surface area contributed by atoms with E-state index in [1.165, 1.54) is 90.4 Å². The maximum Gasteiger partial charge on any atom is 0.305 e. The first-order chi connectivity index (χ1) is 22.4. The lowest BCUT2D eigenvalue weighted by molar-refractivity contribution is -0.147. The average molecular weight is 649 g/mol. The first-order valence-corrected chi connectivity index (χ1v) is 19.4. The number of carbonyl (C=O) groups excluding carboxylic acids is 2. The largest absolute Gasteiger partial charge is 0.466 e. The van der Waals surface area contributed by atoms with E-state index in [4.69, 9.17) is 9.47 Å². The lowest BCUT2D eigenvalue weighted by Gasteiger charge is -2.25. The second-order valence-corrected chi connectivity index (χ2v) is 13.8. The third-order valence-electron chi connectivity index (χ3n) is 9.55. The molecule has 6 nitrogen and oxygen atoms in total. The van der Waals surface area contributed by atoms with Crippen LogP contribution >= 0.6 is 0 Å². The van der Waals surface area contributed by atoms with E-state index in [0.29, 0.717) is 25.9 Å². The third-order valence-corrected chi connectivity index (χ3v) is 9.55. The molecule has 1 fully saturated rings. The number of carbonyl (C=O) groups is 2. The topological polar surface area (TPSA) is 93.1 Å². The van der Waals surface area contributed by atoms with Crippen LogP contribution in [0.1, 0.15) is 181 Å². The summed E-state index contributed by atoms with van der Waals surface area (Å²) in [7, 11) is 0. The predicted molar refractivity (Wildman–Crippen MR) is 191 cm³/mol. The lowest BCUT2D eigenvalue weighted by Crippen LogP contribution is -2.25. The molecule has 268 valence electrons. The van der Waals surface area contributed by atoms with Crippen molar-refractivity contribution in [2.75, 3.05) is 6.61 Å². The molecule has 46 heavy (non-hydrogen) atoms. The normalized spacial score (nSPS) is 20.5. The minimum absolute atomic E-state index is 0.000152. The Kier molecular flexibility index (Phi) is 27.1. The second-order valence-electron chi connectivity index (χ2n) is 13.8. The van der Waals surface area contributed by atoms with Gasteiger partial charge >= 0.3 is 11.9 Å². The SMILES string of the molecule is CCCCCC/C=C\CCCCCCCCOC(=O)CCC/C=C\C[C@@H]1[C@@H](CC[C@H](CCCCCCC)OC(C)=O)[C@H](O)C[C@@H]1O. The molecule has 0 aromatic heterocycles. The maximum atomic E-state index is 12.1. The zero-order chi connectivity index (χ0) is 33.7. The molecule has 0 radical (unpaired) electrons. The molecule has 1 aliphatic carbocycles. The van der Waals surface area contributed by atoms with Crippen LogP contribution in [0.4, 0.5) is 0 Å². The fraction of sp³-hybridized carbons (Fsp3) is 0.850. The number of aliphatic hydroxyl groups is 2. The standard InChI is InChI=1S/C40H72O6/c1-4-6-8-10-11-12-13-14-15-16-17-18-22-26-32-45-40(44)29-25-21-20-24-28-36-37(39(43)33-38(36)42)31-30-35(46-34(3)41)27-23-19-9-7-5-2/h12-13,20,24,35-39,42-43H,4-11,14-19,21-23,25-33H2,1-3H3/b13-12-,24-20-/t35-,36+,37+,38-,39+/m0/s1. The number of allylic oxidation sites excluding steroid dienone is 4. The Bertz CT molecular complexity index is 793. The molecule has 5 atom stereocenters. The van der Waals surface area contributed by atoms with Crippen LogP contribution in [-0.2, 0) is 19.1 Å². The van der Waals surface area contributed by atoms with Gasteiger partial charge in [0.05, 0.1) is 18.8 Å². The van der Waals surface area contributed by atoms with E-state index in [9.17, 15) is 19.8 Å². The fourth-order valence-electron chi connectivity index (χ4n) is 6.75. The molecular weight excluding hydrogens is 576 g/mol. The maximum absolute atomic E-state index is 12.1. The fourth-order valence-corrected chi connectivity index (χ4v) is 6.75. The van der Waals surface area contributed by atoms with Gasteiger partial charge in [0.15, 0.2) is 0 Å².